The molecule has 2 heterocycles. The number of likely N-dealkylation sites (N-methyl/N-ethyl adjacent to an activating group) is 1. The molecule has 94 valence electrons. The van der Waals surface area contributed by atoms with E-state index in [2.05, 4.69) is 17.2 Å². The third-order valence-electron chi connectivity index (χ3n) is 3.38. The number of hydrogen-bond acceptors (Lipinski definition) is 4. The number of amides is 1. The van der Waals surface area contributed by atoms with Crippen LogP contribution in [0.25, 0.3) is 0 Å². The van der Waals surface area contributed by atoms with Gasteiger partial charge in [-0.3, -0.25) is 9.78 Å². The zero-order valence-electron chi connectivity index (χ0n) is 10.3. The van der Waals surface area contributed by atoms with Gasteiger partial charge in [0, 0.05) is 17.6 Å². The maximum Gasteiger partial charge on any atom is 0.240 e. The monoisotopic (exact) mass is 253 g/mol. The van der Waals surface area contributed by atoms with E-state index >= 15 is 0 Å². The predicted octanol–water partition coefficient (Wildman–Crippen LogP) is 1.49. The first-order valence-electron chi connectivity index (χ1n) is 6.05. The van der Waals surface area contributed by atoms with Crippen LogP contribution in [0.5, 0.6) is 0 Å². The molecule has 1 aliphatic rings. The van der Waals surface area contributed by atoms with E-state index in [9.17, 15) is 4.79 Å². The molecule has 1 aromatic heterocycles. The third kappa shape index (κ3) is 2.84. The van der Waals surface area contributed by atoms with E-state index in [-0.39, 0.29) is 11.9 Å². The van der Waals surface area contributed by atoms with Gasteiger partial charge in [-0.1, -0.05) is 6.92 Å². The van der Waals surface area contributed by atoms with E-state index in [1.165, 1.54) is 0 Å². The van der Waals surface area contributed by atoms with Gasteiger partial charge >= 0.3 is 0 Å². The number of hydrogen-bond donors (Lipinski definition) is 1. The van der Waals surface area contributed by atoms with E-state index < -0.39 is 0 Å². The van der Waals surface area contributed by atoms with Crippen molar-refractivity contribution in [2.24, 2.45) is 5.92 Å². The smallest absolute Gasteiger partial charge is 0.240 e. The minimum absolute atomic E-state index is 0.0366. The van der Waals surface area contributed by atoms with Crippen molar-refractivity contribution in [3.63, 3.8) is 0 Å². The highest BCUT2D eigenvalue weighted by Crippen LogP contribution is 2.20. The molecule has 0 aliphatic carbocycles. The Kier molecular flexibility index (Phi) is 4.12. The number of nitrogens with zero attached hydrogens (tertiary/aromatic N) is 2. The Balaban J connectivity index is 2.08. The van der Waals surface area contributed by atoms with Gasteiger partial charge in [0.2, 0.25) is 5.91 Å². The molecule has 0 saturated carbocycles. The summed E-state index contributed by atoms with van der Waals surface area (Å²) in [5.74, 6) is 0.643. The zero-order chi connectivity index (χ0) is 12.3. The fraction of sp³-hybridized carbons (Fsp3) is 0.667. The highest BCUT2D eigenvalue weighted by Gasteiger charge is 2.30. The van der Waals surface area contributed by atoms with Crippen molar-refractivity contribution in [2.75, 3.05) is 13.6 Å². The predicted molar refractivity (Wildman–Crippen MR) is 68.8 cm³/mol. The number of aromatic nitrogens is 1. The van der Waals surface area contributed by atoms with Crippen molar-refractivity contribution >= 4 is 17.2 Å². The number of thiazole rings is 1. The van der Waals surface area contributed by atoms with Crippen LogP contribution in [0.2, 0.25) is 0 Å². The van der Waals surface area contributed by atoms with E-state index in [1.807, 2.05) is 23.7 Å². The van der Waals surface area contributed by atoms with Crippen molar-refractivity contribution in [1.82, 2.24) is 15.2 Å². The normalized spacial score (nSPS) is 26.0. The van der Waals surface area contributed by atoms with E-state index in [1.54, 1.807) is 11.3 Å². The Morgan fingerprint density at radius 3 is 3.12 bits per heavy atom. The molecule has 0 aromatic carbocycles. The van der Waals surface area contributed by atoms with Gasteiger partial charge in [0.25, 0.3) is 0 Å². The van der Waals surface area contributed by atoms with E-state index in [0.717, 1.165) is 24.3 Å². The summed E-state index contributed by atoms with van der Waals surface area (Å²) >= 11 is 1.61. The summed E-state index contributed by atoms with van der Waals surface area (Å²) < 4.78 is 0. The molecule has 0 spiro atoms. The van der Waals surface area contributed by atoms with Crippen LogP contribution in [0, 0.1) is 5.92 Å². The van der Waals surface area contributed by atoms with Gasteiger partial charge < -0.3 is 10.2 Å². The molecule has 17 heavy (non-hydrogen) atoms. The van der Waals surface area contributed by atoms with Gasteiger partial charge in [0.05, 0.1) is 18.1 Å². The molecular weight excluding hydrogens is 234 g/mol. The van der Waals surface area contributed by atoms with E-state index in [0.29, 0.717) is 12.5 Å². The minimum atomic E-state index is -0.0366. The Labute approximate surface area is 106 Å². The highest BCUT2D eigenvalue weighted by atomic mass is 32.1. The summed E-state index contributed by atoms with van der Waals surface area (Å²) in [7, 11) is 1.87. The van der Waals surface area contributed by atoms with Crippen molar-refractivity contribution in [3.05, 3.63) is 16.6 Å². The summed E-state index contributed by atoms with van der Waals surface area (Å²) in [6.07, 6.45) is 4.04. The second-order valence-corrected chi connectivity index (χ2v) is 5.58. The van der Waals surface area contributed by atoms with Crippen LogP contribution >= 0.6 is 11.3 Å². The van der Waals surface area contributed by atoms with Crippen molar-refractivity contribution in [3.8, 4) is 0 Å². The number of rotatable bonds is 3. The van der Waals surface area contributed by atoms with Crippen LogP contribution in [0.3, 0.4) is 0 Å². The fourth-order valence-electron chi connectivity index (χ4n) is 2.39. The first-order valence-corrected chi connectivity index (χ1v) is 6.93. The molecule has 1 aromatic rings. The van der Waals surface area contributed by atoms with Crippen LogP contribution in [-0.2, 0) is 11.3 Å². The van der Waals surface area contributed by atoms with Gasteiger partial charge in [0.1, 0.15) is 0 Å². The Bertz CT molecular complexity index is 366. The van der Waals surface area contributed by atoms with E-state index in [4.69, 9.17) is 0 Å². The average Bonchev–Trinajstić information content (AvgIpc) is 2.76. The van der Waals surface area contributed by atoms with Crippen molar-refractivity contribution < 1.29 is 4.79 Å². The first kappa shape index (κ1) is 12.5. The standard InChI is InChI=1S/C12H19N3OS/c1-9-4-3-5-15(12(16)11(9)13-2)7-10-6-14-8-17-10/h6,8-9,11,13H,3-5,7H2,1-2H3. The Morgan fingerprint density at radius 1 is 1.65 bits per heavy atom. The number of likely N-dealkylation sites (tertiary alicyclic amines) is 1. The maximum absolute atomic E-state index is 12.4. The molecule has 1 N–H and O–H groups in total. The molecular formula is C12H19N3OS. The third-order valence-corrected chi connectivity index (χ3v) is 4.14. The minimum Gasteiger partial charge on any atom is -0.336 e. The second-order valence-electron chi connectivity index (χ2n) is 4.61. The fourth-order valence-corrected chi connectivity index (χ4v) is 3.00. The summed E-state index contributed by atoms with van der Waals surface area (Å²) in [4.78, 5) is 19.5. The second kappa shape index (κ2) is 5.60. The van der Waals surface area contributed by atoms with Crippen LogP contribution in [0.1, 0.15) is 24.6 Å². The average molecular weight is 253 g/mol. The lowest BCUT2D eigenvalue weighted by molar-refractivity contribution is -0.134. The van der Waals surface area contributed by atoms with Gasteiger partial charge in [-0.2, -0.15) is 0 Å². The topological polar surface area (TPSA) is 45.2 Å². The van der Waals surface area contributed by atoms with Gasteiger partial charge in [-0.25, -0.2) is 0 Å². The Morgan fingerprint density at radius 2 is 2.47 bits per heavy atom. The largest absolute Gasteiger partial charge is 0.336 e. The summed E-state index contributed by atoms with van der Waals surface area (Å²) in [6.45, 7) is 3.71. The maximum atomic E-state index is 12.4. The molecule has 5 heteroatoms. The zero-order valence-corrected chi connectivity index (χ0v) is 11.2. The van der Waals surface area contributed by atoms with Crippen molar-refractivity contribution in [1.29, 1.82) is 0 Å². The lowest BCUT2D eigenvalue weighted by Gasteiger charge is -2.25. The molecule has 1 fully saturated rings. The number of carbonyl (C=O) groups excluding carboxylic acids is 1. The molecule has 0 bridgehead atoms. The Hall–Kier alpha value is -0.940. The summed E-state index contributed by atoms with van der Waals surface area (Å²) in [5, 5.41) is 3.15. The quantitative estimate of drug-likeness (QED) is 0.887. The van der Waals surface area contributed by atoms with Crippen LogP contribution in [0.4, 0.5) is 0 Å². The highest BCUT2D eigenvalue weighted by molar-refractivity contribution is 7.09. The SMILES string of the molecule is CNC1C(=O)N(Cc2cncs2)CCCC1C. The van der Waals surface area contributed by atoms with Gasteiger partial charge in [0.15, 0.2) is 0 Å². The summed E-state index contributed by atoms with van der Waals surface area (Å²) in [6, 6.07) is -0.0366. The van der Waals surface area contributed by atoms with Crippen LogP contribution in [0.15, 0.2) is 11.7 Å². The lowest BCUT2D eigenvalue weighted by Crippen LogP contribution is -2.46. The first-order chi connectivity index (χ1) is 8.22. The molecule has 2 unspecified atom stereocenters. The molecule has 2 atom stereocenters. The molecule has 1 amide bonds. The summed E-state index contributed by atoms with van der Waals surface area (Å²) in [5.41, 5.74) is 1.82. The van der Waals surface area contributed by atoms with Crippen molar-refractivity contribution in [2.45, 2.75) is 32.4 Å². The lowest BCUT2D eigenvalue weighted by atomic mass is 9.98. The number of carbonyl (C=O) groups is 1. The van der Waals surface area contributed by atoms with Gasteiger partial charge in [-0.05, 0) is 25.8 Å². The van der Waals surface area contributed by atoms with Crippen LogP contribution < -0.4 is 5.32 Å². The number of nitrogens with one attached hydrogen (secondary N) is 1. The molecule has 4 nitrogen and oxygen atoms in total. The van der Waals surface area contributed by atoms with Gasteiger partial charge in [-0.15, -0.1) is 11.3 Å². The molecule has 0 radical (unpaired) electrons. The van der Waals surface area contributed by atoms with Crippen LogP contribution in [-0.4, -0.2) is 35.4 Å². The molecule has 1 aliphatic heterocycles. The molecule has 1 saturated heterocycles. The molecule has 2 rings (SSSR count).